The standard InChI is InChI=1S/C19H25N3OS/c1-15-5-3-4-6-17(15)19(23)20-13-18(16-7-12-24-14-16)22-10-8-21(2)9-11-22/h3-7,12,14,18H,8-11,13H2,1-2H3,(H,20,23)/t18-/m1/s1. The molecule has 24 heavy (non-hydrogen) atoms. The molecule has 0 spiro atoms. The van der Waals surface area contributed by atoms with Crippen molar-refractivity contribution in [2.45, 2.75) is 13.0 Å². The molecular weight excluding hydrogens is 318 g/mol. The first-order valence-corrected chi connectivity index (χ1v) is 9.38. The highest BCUT2D eigenvalue weighted by atomic mass is 32.1. The molecule has 1 aliphatic rings. The average Bonchev–Trinajstić information content (AvgIpc) is 3.11. The zero-order chi connectivity index (χ0) is 16.9. The van der Waals surface area contributed by atoms with E-state index in [1.54, 1.807) is 11.3 Å². The molecule has 1 saturated heterocycles. The molecule has 2 heterocycles. The van der Waals surface area contributed by atoms with Crippen LogP contribution in [-0.2, 0) is 0 Å². The van der Waals surface area contributed by atoms with E-state index in [0.29, 0.717) is 6.54 Å². The number of carbonyl (C=O) groups excluding carboxylic acids is 1. The Bertz CT molecular complexity index is 663. The summed E-state index contributed by atoms with van der Waals surface area (Å²) >= 11 is 1.72. The van der Waals surface area contributed by atoms with Crippen molar-refractivity contribution < 1.29 is 4.79 Å². The van der Waals surface area contributed by atoms with Gasteiger partial charge in [0, 0.05) is 38.3 Å². The lowest BCUT2D eigenvalue weighted by Gasteiger charge is -2.38. The molecule has 128 valence electrons. The van der Waals surface area contributed by atoms with Crippen LogP contribution in [0.15, 0.2) is 41.1 Å². The topological polar surface area (TPSA) is 35.6 Å². The predicted molar refractivity (Wildman–Crippen MR) is 99.6 cm³/mol. The quantitative estimate of drug-likeness (QED) is 0.907. The molecular formula is C19H25N3OS. The minimum atomic E-state index is 0.0162. The highest BCUT2D eigenvalue weighted by Crippen LogP contribution is 2.24. The lowest BCUT2D eigenvalue weighted by molar-refractivity contribution is 0.0886. The molecule has 1 aromatic heterocycles. The fourth-order valence-corrected chi connectivity index (χ4v) is 3.88. The fraction of sp³-hybridized carbons (Fsp3) is 0.421. The molecule has 1 atom stereocenters. The van der Waals surface area contributed by atoms with E-state index in [-0.39, 0.29) is 11.9 Å². The highest BCUT2D eigenvalue weighted by Gasteiger charge is 2.25. The number of rotatable bonds is 5. The van der Waals surface area contributed by atoms with Crippen molar-refractivity contribution in [3.8, 4) is 0 Å². The second-order valence-corrected chi connectivity index (χ2v) is 7.22. The van der Waals surface area contributed by atoms with E-state index in [0.717, 1.165) is 37.3 Å². The maximum absolute atomic E-state index is 12.5. The molecule has 0 aliphatic carbocycles. The second-order valence-electron chi connectivity index (χ2n) is 6.44. The molecule has 1 N–H and O–H groups in total. The van der Waals surface area contributed by atoms with Crippen LogP contribution in [0.25, 0.3) is 0 Å². The summed E-state index contributed by atoms with van der Waals surface area (Å²) in [7, 11) is 2.16. The van der Waals surface area contributed by atoms with Crippen LogP contribution in [0.4, 0.5) is 0 Å². The summed E-state index contributed by atoms with van der Waals surface area (Å²) in [5, 5.41) is 7.46. The van der Waals surface area contributed by atoms with E-state index >= 15 is 0 Å². The summed E-state index contributed by atoms with van der Waals surface area (Å²) < 4.78 is 0. The van der Waals surface area contributed by atoms with Crippen LogP contribution >= 0.6 is 11.3 Å². The largest absolute Gasteiger partial charge is 0.350 e. The molecule has 2 aromatic rings. The van der Waals surface area contributed by atoms with Gasteiger partial charge in [-0.2, -0.15) is 11.3 Å². The Morgan fingerprint density at radius 3 is 2.62 bits per heavy atom. The number of aryl methyl sites for hydroxylation is 1. The SMILES string of the molecule is Cc1ccccc1C(=O)NC[C@H](c1ccsc1)N1CCN(C)CC1. The van der Waals surface area contributed by atoms with Gasteiger partial charge in [-0.3, -0.25) is 9.69 Å². The summed E-state index contributed by atoms with van der Waals surface area (Å²) in [6, 6.07) is 10.2. The van der Waals surface area contributed by atoms with Crippen molar-refractivity contribution in [2.75, 3.05) is 39.8 Å². The van der Waals surface area contributed by atoms with Crippen LogP contribution in [-0.4, -0.2) is 55.5 Å². The predicted octanol–water partition coefficient (Wildman–Crippen LogP) is 2.78. The fourth-order valence-electron chi connectivity index (χ4n) is 3.17. The molecule has 4 nitrogen and oxygen atoms in total. The Morgan fingerprint density at radius 1 is 1.21 bits per heavy atom. The number of hydrogen-bond donors (Lipinski definition) is 1. The first-order chi connectivity index (χ1) is 11.6. The Morgan fingerprint density at radius 2 is 1.96 bits per heavy atom. The van der Waals surface area contributed by atoms with E-state index in [1.165, 1.54) is 5.56 Å². The number of thiophene rings is 1. The number of hydrogen-bond acceptors (Lipinski definition) is 4. The average molecular weight is 343 g/mol. The number of nitrogens with zero attached hydrogens (tertiary/aromatic N) is 2. The highest BCUT2D eigenvalue weighted by molar-refractivity contribution is 7.07. The first kappa shape index (κ1) is 17.1. The number of benzene rings is 1. The van der Waals surface area contributed by atoms with E-state index in [1.807, 2.05) is 31.2 Å². The number of likely N-dealkylation sites (N-methyl/N-ethyl adjacent to an activating group) is 1. The number of carbonyl (C=O) groups is 1. The van der Waals surface area contributed by atoms with Gasteiger partial charge >= 0.3 is 0 Å². The van der Waals surface area contributed by atoms with E-state index in [4.69, 9.17) is 0 Å². The lowest BCUT2D eigenvalue weighted by Crippen LogP contribution is -2.48. The van der Waals surface area contributed by atoms with Gasteiger partial charge < -0.3 is 10.2 Å². The molecule has 1 amide bonds. The van der Waals surface area contributed by atoms with Gasteiger partial charge in [0.15, 0.2) is 0 Å². The Hall–Kier alpha value is -1.69. The van der Waals surface area contributed by atoms with Crippen molar-refractivity contribution in [1.29, 1.82) is 0 Å². The van der Waals surface area contributed by atoms with Crippen LogP contribution in [0.2, 0.25) is 0 Å². The minimum absolute atomic E-state index is 0.0162. The third kappa shape index (κ3) is 4.04. The lowest BCUT2D eigenvalue weighted by atomic mass is 10.1. The molecule has 5 heteroatoms. The Kier molecular flexibility index (Phi) is 5.66. The van der Waals surface area contributed by atoms with Gasteiger partial charge in [-0.15, -0.1) is 0 Å². The summed E-state index contributed by atoms with van der Waals surface area (Å²) in [5.74, 6) is 0.0162. The van der Waals surface area contributed by atoms with E-state index < -0.39 is 0 Å². The van der Waals surface area contributed by atoms with Crippen LogP contribution in [0.3, 0.4) is 0 Å². The smallest absolute Gasteiger partial charge is 0.251 e. The molecule has 0 bridgehead atoms. The Balaban J connectivity index is 1.68. The van der Waals surface area contributed by atoms with Crippen LogP contribution < -0.4 is 5.32 Å². The maximum atomic E-state index is 12.5. The summed E-state index contributed by atoms with van der Waals surface area (Å²) in [6.07, 6.45) is 0. The molecule has 3 rings (SSSR count). The zero-order valence-corrected chi connectivity index (χ0v) is 15.2. The third-order valence-electron chi connectivity index (χ3n) is 4.75. The molecule has 1 fully saturated rings. The van der Waals surface area contributed by atoms with Gasteiger partial charge in [-0.25, -0.2) is 0 Å². The van der Waals surface area contributed by atoms with Crippen molar-refractivity contribution in [1.82, 2.24) is 15.1 Å². The molecule has 0 unspecified atom stereocenters. The van der Waals surface area contributed by atoms with Crippen LogP contribution in [0.1, 0.15) is 27.5 Å². The van der Waals surface area contributed by atoms with Crippen LogP contribution in [0, 0.1) is 6.92 Å². The van der Waals surface area contributed by atoms with E-state index in [2.05, 4.69) is 39.0 Å². The molecule has 0 radical (unpaired) electrons. The molecule has 1 aromatic carbocycles. The summed E-state index contributed by atoms with van der Waals surface area (Å²) in [4.78, 5) is 17.4. The summed E-state index contributed by atoms with van der Waals surface area (Å²) in [5.41, 5.74) is 3.08. The van der Waals surface area contributed by atoms with Gasteiger partial charge in [-0.1, -0.05) is 18.2 Å². The number of nitrogens with one attached hydrogen (secondary N) is 1. The monoisotopic (exact) mass is 343 g/mol. The van der Waals surface area contributed by atoms with Crippen molar-refractivity contribution in [3.63, 3.8) is 0 Å². The minimum Gasteiger partial charge on any atom is -0.350 e. The number of piperazine rings is 1. The maximum Gasteiger partial charge on any atom is 0.251 e. The van der Waals surface area contributed by atoms with Crippen molar-refractivity contribution >= 4 is 17.2 Å². The van der Waals surface area contributed by atoms with Crippen molar-refractivity contribution in [3.05, 3.63) is 57.8 Å². The molecule has 0 saturated carbocycles. The Labute approximate surface area is 148 Å². The summed E-state index contributed by atoms with van der Waals surface area (Å²) in [6.45, 7) is 6.85. The third-order valence-corrected chi connectivity index (χ3v) is 5.45. The first-order valence-electron chi connectivity index (χ1n) is 8.43. The van der Waals surface area contributed by atoms with Gasteiger partial charge in [0.05, 0.1) is 6.04 Å². The van der Waals surface area contributed by atoms with Gasteiger partial charge in [-0.05, 0) is 48.0 Å². The number of amides is 1. The van der Waals surface area contributed by atoms with Gasteiger partial charge in [0.2, 0.25) is 0 Å². The second kappa shape index (κ2) is 7.92. The zero-order valence-electron chi connectivity index (χ0n) is 14.4. The molecule has 1 aliphatic heterocycles. The van der Waals surface area contributed by atoms with Crippen LogP contribution in [0.5, 0.6) is 0 Å². The van der Waals surface area contributed by atoms with Gasteiger partial charge in [0.25, 0.3) is 5.91 Å². The normalized spacial score (nSPS) is 17.6. The van der Waals surface area contributed by atoms with E-state index in [9.17, 15) is 4.79 Å². The van der Waals surface area contributed by atoms with Gasteiger partial charge in [0.1, 0.15) is 0 Å². The van der Waals surface area contributed by atoms with Crippen molar-refractivity contribution in [2.24, 2.45) is 0 Å².